The smallest absolute Gasteiger partial charge is 0.374 e. The number of rotatable bonds is 4. The van der Waals surface area contributed by atoms with Crippen molar-refractivity contribution in [1.29, 1.82) is 0 Å². The van der Waals surface area contributed by atoms with E-state index in [0.29, 0.717) is 16.8 Å². The van der Waals surface area contributed by atoms with Gasteiger partial charge in [0.05, 0.1) is 11.4 Å². The fourth-order valence-electron chi connectivity index (χ4n) is 3.78. The molecule has 1 aromatic heterocycles. The Morgan fingerprint density at radius 2 is 1.78 bits per heavy atom. The third kappa shape index (κ3) is 5.27. The third-order valence-electron chi connectivity index (χ3n) is 5.89. The number of alkyl halides is 3. The zero-order chi connectivity index (χ0) is 27.3. The fourth-order valence-corrected chi connectivity index (χ4v) is 6.85. The van der Waals surface area contributed by atoms with Gasteiger partial charge in [-0.15, -0.1) is 11.3 Å². The minimum absolute atomic E-state index is 0.0282. The van der Waals surface area contributed by atoms with Crippen molar-refractivity contribution in [3.05, 3.63) is 79.3 Å². The Hall–Kier alpha value is -2.47. The lowest BCUT2D eigenvalue weighted by molar-refractivity contribution is -0.275. The molecule has 0 saturated heterocycles. The van der Waals surface area contributed by atoms with E-state index in [0.717, 1.165) is 17.0 Å². The Balaban J connectivity index is 1.65. The molecular formula is C24H20Cl2F3N3O3S2. The molecule has 1 aliphatic rings. The zero-order valence-corrected chi connectivity index (χ0v) is 23.1. The molecule has 4 rings (SSSR count). The van der Waals surface area contributed by atoms with Crippen molar-refractivity contribution >= 4 is 55.9 Å². The highest BCUT2D eigenvalue weighted by Crippen LogP contribution is 2.49. The van der Waals surface area contributed by atoms with Crippen LogP contribution in [-0.4, -0.2) is 33.2 Å². The number of carbonyl (C=O) groups excluding carboxylic acids is 1. The Bertz CT molecular complexity index is 1540. The molecule has 3 aromatic rings. The summed E-state index contributed by atoms with van der Waals surface area (Å²) in [5.41, 5.74) is -1.39. The number of carbonyl (C=O) groups is 1. The summed E-state index contributed by atoms with van der Waals surface area (Å²) >= 11 is 13.1. The summed E-state index contributed by atoms with van der Waals surface area (Å²) in [6.07, 6.45) is -4.12. The van der Waals surface area contributed by atoms with Crippen LogP contribution in [0.25, 0.3) is 0 Å². The summed E-state index contributed by atoms with van der Waals surface area (Å²) in [5.74, 6) is -0.718. The lowest BCUT2D eigenvalue weighted by Crippen LogP contribution is -2.42. The van der Waals surface area contributed by atoms with Gasteiger partial charge in [0.2, 0.25) is 0 Å². The summed E-state index contributed by atoms with van der Waals surface area (Å²) in [6, 6.07) is 7.98. The number of oxime groups is 1. The number of halogens is 5. The molecule has 0 aliphatic carbocycles. The topological polar surface area (TPSA) is 81.0 Å². The molecule has 6 nitrogen and oxygen atoms in total. The number of hydrogen-bond donors (Lipinski definition) is 0. The number of amides is 1. The Morgan fingerprint density at radius 3 is 2.32 bits per heavy atom. The average molecular weight is 590 g/mol. The molecule has 1 amide bonds. The summed E-state index contributed by atoms with van der Waals surface area (Å²) in [5, 5.41) is 3.79. The first-order chi connectivity index (χ1) is 17.1. The lowest BCUT2D eigenvalue weighted by atomic mass is 9.86. The van der Waals surface area contributed by atoms with Crippen LogP contribution < -0.4 is 0 Å². The summed E-state index contributed by atoms with van der Waals surface area (Å²) < 4.78 is 60.0. The van der Waals surface area contributed by atoms with Crippen molar-refractivity contribution < 1.29 is 27.0 Å². The van der Waals surface area contributed by atoms with E-state index in [9.17, 15) is 22.2 Å². The van der Waals surface area contributed by atoms with Gasteiger partial charge < -0.3 is 4.84 Å². The second-order valence-electron chi connectivity index (χ2n) is 8.64. The molecule has 2 aromatic carbocycles. The highest BCUT2D eigenvalue weighted by molar-refractivity contribution is 7.95. The van der Waals surface area contributed by atoms with Crippen molar-refractivity contribution in [3.63, 3.8) is 0 Å². The predicted molar refractivity (Wildman–Crippen MR) is 138 cm³/mol. The van der Waals surface area contributed by atoms with E-state index in [1.807, 2.05) is 6.92 Å². The molecule has 0 bridgehead atoms. The van der Waals surface area contributed by atoms with E-state index in [-0.39, 0.29) is 31.2 Å². The van der Waals surface area contributed by atoms with Crippen LogP contribution in [0.15, 0.2) is 50.3 Å². The first-order valence-corrected chi connectivity index (χ1v) is 14.2. The highest BCUT2D eigenvalue weighted by atomic mass is 35.5. The summed E-state index contributed by atoms with van der Waals surface area (Å²) in [4.78, 5) is 23.0. The van der Waals surface area contributed by atoms with E-state index >= 15 is 0 Å². The summed E-state index contributed by atoms with van der Waals surface area (Å²) in [7, 11) is -3.08. The molecule has 2 heterocycles. The van der Waals surface area contributed by atoms with Crippen LogP contribution >= 0.6 is 34.5 Å². The van der Waals surface area contributed by atoms with E-state index in [1.54, 1.807) is 13.8 Å². The van der Waals surface area contributed by atoms with E-state index in [1.165, 1.54) is 41.9 Å². The molecule has 2 unspecified atom stereocenters. The maximum absolute atomic E-state index is 14.3. The standard InChI is InChI=1S/C24H20Cl2F3N3O3S2/c1-12-7-15(5-6-19(12)21(33)32-37(4,34)22-30-13(2)14(3)36-22)20-11-23(35-31-20,24(27,28)29)16-8-17(25)10-18(26)9-16/h5-10H,11H2,1-4H3. The lowest BCUT2D eigenvalue weighted by Gasteiger charge is -2.29. The number of benzene rings is 2. The van der Waals surface area contributed by atoms with Gasteiger partial charge in [-0.3, -0.25) is 4.79 Å². The third-order valence-corrected chi connectivity index (χ3v) is 9.63. The van der Waals surface area contributed by atoms with Gasteiger partial charge in [-0.2, -0.15) is 17.5 Å². The molecule has 0 spiro atoms. The van der Waals surface area contributed by atoms with Crippen molar-refractivity contribution in [2.24, 2.45) is 9.52 Å². The monoisotopic (exact) mass is 589 g/mol. The Kier molecular flexibility index (Phi) is 7.21. The molecule has 1 aliphatic heterocycles. The van der Waals surface area contributed by atoms with Crippen molar-refractivity contribution in [3.8, 4) is 0 Å². The molecule has 0 fully saturated rings. The normalized spacial score (nSPS) is 19.2. The first-order valence-electron chi connectivity index (χ1n) is 10.7. The molecule has 0 radical (unpaired) electrons. The molecule has 2 atom stereocenters. The van der Waals surface area contributed by atoms with Crippen LogP contribution in [0.2, 0.25) is 10.0 Å². The minimum Gasteiger partial charge on any atom is -0.374 e. The zero-order valence-electron chi connectivity index (χ0n) is 19.9. The van der Waals surface area contributed by atoms with Gasteiger partial charge in [0.15, 0.2) is 4.34 Å². The first kappa shape index (κ1) is 27.6. The number of aryl methyl sites for hydroxylation is 3. The van der Waals surface area contributed by atoms with Crippen molar-refractivity contribution in [2.75, 3.05) is 6.26 Å². The number of thiazole rings is 1. The maximum atomic E-state index is 14.3. The van der Waals surface area contributed by atoms with Gasteiger partial charge in [-0.05, 0) is 62.2 Å². The van der Waals surface area contributed by atoms with Crippen molar-refractivity contribution in [2.45, 2.75) is 43.3 Å². The number of nitrogens with zero attached hydrogens (tertiary/aromatic N) is 3. The molecule has 37 heavy (non-hydrogen) atoms. The van der Waals surface area contributed by atoms with Crippen LogP contribution in [0.4, 0.5) is 13.2 Å². The average Bonchev–Trinajstić information content (AvgIpc) is 3.38. The van der Waals surface area contributed by atoms with Gasteiger partial charge in [-0.1, -0.05) is 34.4 Å². The van der Waals surface area contributed by atoms with Crippen LogP contribution in [-0.2, 0) is 20.2 Å². The van der Waals surface area contributed by atoms with Crippen LogP contribution in [0.5, 0.6) is 0 Å². The fraction of sp³-hybridized carbons (Fsp3) is 0.292. The molecule has 13 heteroatoms. The second kappa shape index (κ2) is 9.68. The van der Waals surface area contributed by atoms with Gasteiger partial charge in [0, 0.05) is 38.7 Å². The van der Waals surface area contributed by atoms with Crippen LogP contribution in [0.1, 0.15) is 44.0 Å². The van der Waals surface area contributed by atoms with Gasteiger partial charge >= 0.3 is 6.18 Å². The predicted octanol–water partition coefficient (Wildman–Crippen LogP) is 7.25. The Morgan fingerprint density at radius 1 is 1.14 bits per heavy atom. The largest absolute Gasteiger partial charge is 0.435 e. The van der Waals surface area contributed by atoms with Crippen LogP contribution in [0.3, 0.4) is 0 Å². The Labute approximate surface area is 225 Å². The second-order valence-corrected chi connectivity index (χ2v) is 13.1. The SMILES string of the molecule is Cc1cc(C2=NOC(c3cc(Cl)cc(Cl)c3)(C(F)(F)F)C2)ccc1C(=O)N=S(C)(=O)c1nc(C)c(C)s1. The van der Waals surface area contributed by atoms with Crippen molar-refractivity contribution in [1.82, 2.24) is 4.98 Å². The molecule has 0 saturated carbocycles. The molecule has 196 valence electrons. The van der Waals surface area contributed by atoms with Gasteiger partial charge in [-0.25, -0.2) is 9.19 Å². The van der Waals surface area contributed by atoms with Gasteiger partial charge in [0.25, 0.3) is 11.5 Å². The van der Waals surface area contributed by atoms with E-state index in [2.05, 4.69) is 14.5 Å². The van der Waals surface area contributed by atoms with Gasteiger partial charge in [0.1, 0.15) is 9.73 Å². The minimum atomic E-state index is -4.83. The number of aromatic nitrogens is 1. The van der Waals surface area contributed by atoms with E-state index in [4.69, 9.17) is 28.0 Å². The highest BCUT2D eigenvalue weighted by Gasteiger charge is 2.62. The summed E-state index contributed by atoms with van der Waals surface area (Å²) in [6.45, 7) is 5.21. The van der Waals surface area contributed by atoms with Crippen LogP contribution in [0, 0.1) is 20.8 Å². The number of hydrogen-bond acceptors (Lipinski definition) is 6. The molecular weight excluding hydrogens is 570 g/mol. The molecule has 0 N–H and O–H groups in total. The quantitative estimate of drug-likeness (QED) is 0.321. The van der Waals surface area contributed by atoms with E-state index < -0.39 is 33.8 Å². The maximum Gasteiger partial charge on any atom is 0.435 e.